The van der Waals surface area contributed by atoms with Crippen LogP contribution in [0.25, 0.3) is 10.2 Å². The number of carbonyl (C=O) groups excluding carboxylic acids is 1. The Bertz CT molecular complexity index is 1520. The maximum Gasteiger partial charge on any atom is 0.433 e. The number of furan rings is 1. The molecule has 0 fully saturated rings. The number of nitro benzene ring substituents is 2. The van der Waals surface area contributed by atoms with Crippen LogP contribution in [-0.2, 0) is 0 Å². The van der Waals surface area contributed by atoms with Crippen LogP contribution in [-0.4, -0.2) is 31.9 Å². The molecule has 0 bridgehead atoms. The molecule has 16 heteroatoms. The topological polar surface area (TPSA) is 188 Å². The van der Waals surface area contributed by atoms with E-state index in [9.17, 15) is 35.1 Å². The number of nitrogens with zero attached hydrogens (tertiary/aromatic N) is 6. The van der Waals surface area contributed by atoms with E-state index in [1.807, 2.05) is 0 Å². The van der Waals surface area contributed by atoms with Gasteiger partial charge >= 0.3 is 5.88 Å². The summed E-state index contributed by atoms with van der Waals surface area (Å²) in [5, 5.41) is 38.2. The van der Waals surface area contributed by atoms with E-state index in [-0.39, 0.29) is 10.9 Å². The number of hydrogen-bond acceptors (Lipinski definition) is 11. The first-order valence-corrected chi connectivity index (χ1v) is 10.9. The maximum atomic E-state index is 13.4. The zero-order valence-corrected chi connectivity index (χ0v) is 19.3. The summed E-state index contributed by atoms with van der Waals surface area (Å²) in [6, 6.07) is 9.97. The molecule has 0 aliphatic carbocycles. The van der Waals surface area contributed by atoms with Crippen LogP contribution in [0, 0.1) is 30.3 Å². The smallest absolute Gasteiger partial charge is 0.400 e. The maximum absolute atomic E-state index is 13.4. The molecule has 176 valence electrons. The van der Waals surface area contributed by atoms with E-state index >= 15 is 0 Å². The summed E-state index contributed by atoms with van der Waals surface area (Å²) in [5.41, 5.74) is -1.21. The molecule has 0 aliphatic heterocycles. The number of hydrogen-bond donors (Lipinski definition) is 0. The lowest BCUT2D eigenvalue weighted by atomic mass is 10.1. The quantitative estimate of drug-likeness (QED) is 0.169. The second-order valence-corrected chi connectivity index (χ2v) is 8.58. The van der Waals surface area contributed by atoms with E-state index in [0.717, 1.165) is 51.3 Å². The van der Waals surface area contributed by atoms with E-state index in [1.165, 1.54) is 6.07 Å². The molecule has 0 saturated heterocycles. The van der Waals surface area contributed by atoms with Gasteiger partial charge in [0.25, 0.3) is 17.3 Å². The second kappa shape index (κ2) is 9.35. The Morgan fingerprint density at radius 1 is 1.00 bits per heavy atom. The van der Waals surface area contributed by atoms with Crippen molar-refractivity contribution in [1.82, 2.24) is 4.98 Å². The molecule has 4 rings (SSSR count). The van der Waals surface area contributed by atoms with Crippen LogP contribution in [0.1, 0.15) is 16.1 Å². The number of anilines is 1. The third kappa shape index (κ3) is 5.02. The lowest BCUT2D eigenvalue weighted by molar-refractivity contribution is -0.402. The van der Waals surface area contributed by atoms with Gasteiger partial charge in [-0.15, -0.1) is 0 Å². The average Bonchev–Trinajstić information content (AvgIpc) is 3.45. The number of amides is 1. The third-order valence-corrected chi connectivity index (χ3v) is 5.86. The summed E-state index contributed by atoms with van der Waals surface area (Å²) >= 11 is 4.39. The molecule has 2 heterocycles. The molecule has 14 nitrogen and oxygen atoms in total. The Labute approximate surface area is 205 Å². The molecule has 2 aromatic carbocycles. The normalized spacial score (nSPS) is 11.1. The van der Waals surface area contributed by atoms with Crippen molar-refractivity contribution in [2.45, 2.75) is 0 Å². The van der Waals surface area contributed by atoms with Crippen LogP contribution >= 0.6 is 27.3 Å². The van der Waals surface area contributed by atoms with Crippen molar-refractivity contribution in [3.8, 4) is 0 Å². The number of carbonyl (C=O) groups is 1. The fourth-order valence-electron chi connectivity index (χ4n) is 2.84. The van der Waals surface area contributed by atoms with Crippen LogP contribution in [0.4, 0.5) is 22.4 Å². The van der Waals surface area contributed by atoms with Crippen molar-refractivity contribution in [2.75, 3.05) is 5.01 Å². The molecule has 35 heavy (non-hydrogen) atoms. The molecular formula is C19H9BrN6O8S. The highest BCUT2D eigenvalue weighted by Gasteiger charge is 2.26. The van der Waals surface area contributed by atoms with Gasteiger partial charge < -0.3 is 4.42 Å². The van der Waals surface area contributed by atoms with E-state index < -0.39 is 43.5 Å². The summed E-state index contributed by atoms with van der Waals surface area (Å²) < 4.78 is 6.42. The largest absolute Gasteiger partial charge is 0.433 e. The number of nitro groups is 3. The van der Waals surface area contributed by atoms with Gasteiger partial charge in [-0.2, -0.15) is 10.1 Å². The van der Waals surface area contributed by atoms with Gasteiger partial charge in [0.15, 0.2) is 5.76 Å². The fourth-order valence-corrected chi connectivity index (χ4v) is 4.32. The van der Waals surface area contributed by atoms with Gasteiger partial charge in [0.05, 0.1) is 44.0 Å². The Balaban J connectivity index is 1.82. The predicted molar refractivity (Wildman–Crippen MR) is 127 cm³/mol. The highest BCUT2D eigenvalue weighted by Crippen LogP contribution is 2.33. The highest BCUT2D eigenvalue weighted by molar-refractivity contribution is 9.10. The SMILES string of the molecule is O=C(c1cc([N+](=O)[O-])cc([N+](=O)[O-])c1)N(/N=C/c1ccc([N+](=O)[O-])o1)c1nc2ccc(Br)cc2s1. The van der Waals surface area contributed by atoms with Crippen LogP contribution in [0.2, 0.25) is 0 Å². The average molecular weight is 561 g/mol. The summed E-state index contributed by atoms with van der Waals surface area (Å²) in [7, 11) is 0. The molecule has 0 radical (unpaired) electrons. The Morgan fingerprint density at radius 2 is 1.69 bits per heavy atom. The summed E-state index contributed by atoms with van der Waals surface area (Å²) in [6.45, 7) is 0. The van der Waals surface area contributed by atoms with Gasteiger partial charge in [-0.05, 0) is 24.3 Å². The number of fused-ring (bicyclic) bond motifs is 1. The summed E-state index contributed by atoms with van der Waals surface area (Å²) in [5.74, 6) is -1.58. The standard InChI is InChI=1S/C19H9BrN6O8S/c20-11-1-3-15-16(7-11)35-19(22-15)23(21-9-14-2-4-17(34-14)26(32)33)18(27)10-5-12(24(28)29)8-13(6-10)25(30)31/h1-9H/b21-9+. The Kier molecular flexibility index (Phi) is 6.30. The summed E-state index contributed by atoms with van der Waals surface area (Å²) in [6.07, 6.45) is 1.01. The predicted octanol–water partition coefficient (Wildman–Crippen LogP) is 5.06. The van der Waals surface area contributed by atoms with Gasteiger partial charge in [-0.3, -0.25) is 35.1 Å². The molecule has 4 aromatic rings. The molecule has 0 spiro atoms. The number of thiazole rings is 1. The van der Waals surface area contributed by atoms with Gasteiger partial charge in [-0.1, -0.05) is 27.3 Å². The van der Waals surface area contributed by atoms with Crippen LogP contribution < -0.4 is 5.01 Å². The first kappa shape index (κ1) is 23.6. The van der Waals surface area contributed by atoms with E-state index in [1.54, 1.807) is 18.2 Å². The number of aromatic nitrogens is 1. The lowest BCUT2D eigenvalue weighted by Gasteiger charge is -2.13. The Morgan fingerprint density at radius 3 is 2.29 bits per heavy atom. The van der Waals surface area contributed by atoms with Crippen LogP contribution in [0.3, 0.4) is 0 Å². The van der Waals surface area contributed by atoms with Crippen molar-refractivity contribution >= 4 is 72.0 Å². The molecule has 0 unspecified atom stereocenters. The van der Waals surface area contributed by atoms with E-state index in [0.29, 0.717) is 10.2 Å². The number of halogens is 1. The fraction of sp³-hybridized carbons (Fsp3) is 0. The minimum Gasteiger partial charge on any atom is -0.400 e. The minimum absolute atomic E-state index is 0.0366. The molecule has 0 aliphatic rings. The lowest BCUT2D eigenvalue weighted by Crippen LogP contribution is -2.25. The molecular weight excluding hydrogens is 552 g/mol. The number of non-ortho nitro benzene ring substituents is 2. The van der Waals surface area contributed by atoms with E-state index in [2.05, 4.69) is 26.0 Å². The number of benzene rings is 2. The van der Waals surface area contributed by atoms with E-state index in [4.69, 9.17) is 4.42 Å². The van der Waals surface area contributed by atoms with Crippen LogP contribution in [0.5, 0.6) is 0 Å². The molecule has 0 saturated carbocycles. The van der Waals surface area contributed by atoms with Crippen molar-refractivity contribution < 1.29 is 24.0 Å². The third-order valence-electron chi connectivity index (χ3n) is 4.38. The molecule has 0 N–H and O–H groups in total. The summed E-state index contributed by atoms with van der Waals surface area (Å²) in [4.78, 5) is 48.6. The van der Waals surface area contributed by atoms with Gasteiger partial charge in [0, 0.05) is 16.6 Å². The zero-order valence-electron chi connectivity index (χ0n) is 16.9. The molecule has 1 amide bonds. The van der Waals surface area contributed by atoms with Crippen molar-refractivity contribution in [1.29, 1.82) is 0 Å². The van der Waals surface area contributed by atoms with Crippen LogP contribution in [0.15, 0.2) is 62.5 Å². The number of hydrazone groups is 1. The first-order chi connectivity index (χ1) is 16.6. The van der Waals surface area contributed by atoms with Gasteiger partial charge in [-0.25, -0.2) is 4.98 Å². The van der Waals surface area contributed by atoms with Crippen molar-refractivity contribution in [2.24, 2.45) is 5.10 Å². The van der Waals surface area contributed by atoms with Crippen molar-refractivity contribution in [3.63, 3.8) is 0 Å². The first-order valence-electron chi connectivity index (χ1n) is 9.25. The monoisotopic (exact) mass is 560 g/mol. The molecule has 0 atom stereocenters. The number of rotatable bonds is 7. The minimum atomic E-state index is -0.966. The zero-order chi connectivity index (χ0) is 25.3. The van der Waals surface area contributed by atoms with Gasteiger partial charge in [0.1, 0.15) is 4.92 Å². The second-order valence-electron chi connectivity index (χ2n) is 6.66. The molecule has 2 aromatic heterocycles. The Hall–Kier alpha value is -4.57. The highest BCUT2D eigenvalue weighted by atomic mass is 79.9. The van der Waals surface area contributed by atoms with Gasteiger partial charge in [0.2, 0.25) is 5.13 Å². The van der Waals surface area contributed by atoms with Crippen molar-refractivity contribution in [3.05, 3.63) is 94.7 Å².